The van der Waals surface area contributed by atoms with Crippen molar-refractivity contribution in [2.45, 2.75) is 0 Å². The third-order valence-electron chi connectivity index (χ3n) is 2.39. The van der Waals surface area contributed by atoms with E-state index in [1.807, 2.05) is 48.6 Å². The smallest absolute Gasteiger partial charge is 0.101 e. The fraction of sp³-hybridized carbons (Fsp3) is 0. The van der Waals surface area contributed by atoms with Crippen LogP contribution in [0, 0.1) is 22.7 Å². The Morgan fingerprint density at radius 2 is 1.12 bits per heavy atom. The number of nitrogens with zero attached hydrogens (tertiary/aromatic N) is 2. The summed E-state index contributed by atoms with van der Waals surface area (Å²) in [5.41, 5.74) is 2.88. The van der Waals surface area contributed by atoms with E-state index in [1.54, 1.807) is 12.2 Å². The molecule has 1 aliphatic carbocycles. The minimum Gasteiger partial charge on any atom is -0.192 e. The molecule has 2 heteroatoms. The van der Waals surface area contributed by atoms with Crippen molar-refractivity contribution >= 4 is 12.2 Å². The average Bonchev–Trinajstić information content (AvgIpc) is 2.31. The van der Waals surface area contributed by atoms with Crippen molar-refractivity contribution in [3.63, 3.8) is 0 Å². The minimum atomic E-state index is 0.397. The lowest BCUT2D eigenvalue weighted by molar-refractivity contribution is 1.44. The number of fused-ring (bicyclic) bond motifs is 1. The number of hydrogen-bond donors (Lipinski definition) is 0. The molecule has 2 rings (SSSR count). The van der Waals surface area contributed by atoms with Gasteiger partial charge in [0.25, 0.3) is 0 Å². The van der Waals surface area contributed by atoms with Crippen LogP contribution in [0.1, 0.15) is 11.1 Å². The summed E-state index contributed by atoms with van der Waals surface area (Å²) in [4.78, 5) is 0. The van der Waals surface area contributed by atoms with Crippen LogP contribution in [-0.2, 0) is 0 Å². The van der Waals surface area contributed by atoms with Crippen LogP contribution in [0.2, 0.25) is 0 Å². The largest absolute Gasteiger partial charge is 0.192 e. The zero-order valence-electron chi connectivity index (χ0n) is 8.51. The highest BCUT2D eigenvalue weighted by molar-refractivity contribution is 5.72. The van der Waals surface area contributed by atoms with Gasteiger partial charge in [-0.3, -0.25) is 0 Å². The van der Waals surface area contributed by atoms with E-state index < -0.39 is 0 Å². The highest BCUT2D eigenvalue weighted by Crippen LogP contribution is 2.19. The Bertz CT molecular complexity index is 537. The molecule has 0 radical (unpaired) electrons. The fourth-order valence-electron chi connectivity index (χ4n) is 1.54. The average molecular weight is 204 g/mol. The highest BCUT2D eigenvalue weighted by Gasteiger charge is 2.03. The molecule has 0 aliphatic heterocycles. The van der Waals surface area contributed by atoms with Crippen LogP contribution in [0.15, 0.2) is 47.6 Å². The summed E-state index contributed by atoms with van der Waals surface area (Å²) in [7, 11) is 0. The van der Waals surface area contributed by atoms with E-state index >= 15 is 0 Å². The second-order valence-corrected chi connectivity index (χ2v) is 3.35. The molecule has 0 amide bonds. The number of nitriles is 2. The molecule has 0 unspecified atom stereocenters. The molecule has 1 aromatic rings. The van der Waals surface area contributed by atoms with Crippen LogP contribution in [0.5, 0.6) is 0 Å². The summed E-state index contributed by atoms with van der Waals surface area (Å²) in [6.07, 6.45) is 7.07. The summed E-state index contributed by atoms with van der Waals surface area (Å²) in [5, 5.41) is 17.8. The zero-order valence-corrected chi connectivity index (χ0v) is 8.51. The Kier molecular flexibility index (Phi) is 2.67. The van der Waals surface area contributed by atoms with Gasteiger partial charge in [0.15, 0.2) is 0 Å². The molecular formula is C14H8N2. The first kappa shape index (κ1) is 9.96. The van der Waals surface area contributed by atoms with Gasteiger partial charge < -0.3 is 0 Å². The van der Waals surface area contributed by atoms with Crippen molar-refractivity contribution in [1.29, 1.82) is 10.5 Å². The molecule has 0 N–H and O–H groups in total. The van der Waals surface area contributed by atoms with E-state index in [0.717, 1.165) is 11.1 Å². The summed E-state index contributed by atoms with van der Waals surface area (Å²) >= 11 is 0. The lowest BCUT2D eigenvalue weighted by atomic mass is 10.00. The molecule has 1 aromatic carbocycles. The van der Waals surface area contributed by atoms with E-state index in [1.165, 1.54) is 0 Å². The predicted molar refractivity (Wildman–Crippen MR) is 62.8 cm³/mol. The van der Waals surface area contributed by atoms with E-state index in [4.69, 9.17) is 10.5 Å². The minimum absolute atomic E-state index is 0.397. The second-order valence-electron chi connectivity index (χ2n) is 3.35. The molecule has 74 valence electrons. The third kappa shape index (κ3) is 1.78. The molecule has 16 heavy (non-hydrogen) atoms. The van der Waals surface area contributed by atoms with Crippen molar-refractivity contribution in [3.8, 4) is 12.1 Å². The predicted octanol–water partition coefficient (Wildman–Crippen LogP) is 3.07. The first-order valence-corrected chi connectivity index (χ1v) is 4.85. The summed E-state index contributed by atoms with van der Waals surface area (Å²) in [5.74, 6) is 0. The van der Waals surface area contributed by atoms with Crippen LogP contribution < -0.4 is 0 Å². The molecule has 0 saturated carbocycles. The van der Waals surface area contributed by atoms with E-state index in [9.17, 15) is 0 Å². The van der Waals surface area contributed by atoms with Gasteiger partial charge in [0, 0.05) is 0 Å². The molecule has 0 aromatic heterocycles. The van der Waals surface area contributed by atoms with Crippen LogP contribution >= 0.6 is 0 Å². The molecule has 0 saturated heterocycles. The van der Waals surface area contributed by atoms with Crippen LogP contribution in [0.25, 0.3) is 12.2 Å². The molecule has 0 fully saturated rings. The summed E-state index contributed by atoms with van der Waals surface area (Å²) < 4.78 is 0. The molecule has 1 aliphatic rings. The lowest BCUT2D eigenvalue weighted by Crippen LogP contribution is -1.87. The van der Waals surface area contributed by atoms with Gasteiger partial charge in [-0.05, 0) is 23.3 Å². The van der Waals surface area contributed by atoms with Crippen LogP contribution in [0.3, 0.4) is 0 Å². The second kappa shape index (κ2) is 4.29. The third-order valence-corrected chi connectivity index (χ3v) is 2.39. The monoisotopic (exact) mass is 204 g/mol. The van der Waals surface area contributed by atoms with Gasteiger partial charge in [0.1, 0.15) is 12.1 Å². The van der Waals surface area contributed by atoms with Gasteiger partial charge in [-0.2, -0.15) is 10.5 Å². The van der Waals surface area contributed by atoms with Gasteiger partial charge in [0.2, 0.25) is 0 Å². The maximum absolute atomic E-state index is 8.91. The van der Waals surface area contributed by atoms with Crippen molar-refractivity contribution in [2.24, 2.45) is 0 Å². The Morgan fingerprint density at radius 3 is 1.50 bits per heavy atom. The highest BCUT2D eigenvalue weighted by atomic mass is 14.3. The first-order chi connectivity index (χ1) is 7.85. The Morgan fingerprint density at radius 1 is 0.688 bits per heavy atom. The Balaban J connectivity index is 2.60. The van der Waals surface area contributed by atoms with Gasteiger partial charge in [-0.1, -0.05) is 36.4 Å². The molecule has 0 spiro atoms. The maximum atomic E-state index is 8.91. The van der Waals surface area contributed by atoms with Gasteiger partial charge in [-0.15, -0.1) is 0 Å². The Labute approximate surface area is 94.1 Å². The number of allylic oxidation sites excluding steroid dienone is 4. The van der Waals surface area contributed by atoms with E-state index in [-0.39, 0.29) is 0 Å². The molecule has 2 nitrogen and oxygen atoms in total. The quantitative estimate of drug-likeness (QED) is 0.652. The van der Waals surface area contributed by atoms with E-state index in [0.29, 0.717) is 11.1 Å². The molecular weight excluding hydrogens is 196 g/mol. The molecule has 0 atom stereocenters. The zero-order chi connectivity index (χ0) is 11.4. The van der Waals surface area contributed by atoms with Gasteiger partial charge >= 0.3 is 0 Å². The molecule has 0 heterocycles. The normalized spacial score (nSPS) is 21.9. The van der Waals surface area contributed by atoms with E-state index in [2.05, 4.69) is 0 Å². The number of hydrogen-bond acceptors (Lipinski definition) is 2. The SMILES string of the molecule is N#CC1=C(C#N)/C=C\c2ccccc2/C=C\1. The van der Waals surface area contributed by atoms with Gasteiger partial charge in [-0.25, -0.2) is 0 Å². The van der Waals surface area contributed by atoms with Crippen LogP contribution in [0.4, 0.5) is 0 Å². The standard InChI is InChI=1S/C14H8N2/c15-9-13-7-5-11-3-1-2-4-12(11)6-8-14(13)10-16/h1-8H/b7-5-,8-6-,11-5?,12-6?,13-7?,14-8?,14-13-. The topological polar surface area (TPSA) is 47.6 Å². The van der Waals surface area contributed by atoms with Crippen molar-refractivity contribution in [2.75, 3.05) is 0 Å². The summed E-state index contributed by atoms with van der Waals surface area (Å²) in [6, 6.07) is 11.9. The maximum Gasteiger partial charge on any atom is 0.101 e. The molecule has 0 bridgehead atoms. The lowest BCUT2D eigenvalue weighted by Gasteiger charge is -2.03. The number of benzene rings is 1. The van der Waals surface area contributed by atoms with Crippen LogP contribution in [-0.4, -0.2) is 0 Å². The fourth-order valence-corrected chi connectivity index (χ4v) is 1.54. The van der Waals surface area contributed by atoms with Crippen molar-refractivity contribution in [1.82, 2.24) is 0 Å². The number of rotatable bonds is 0. The summed E-state index contributed by atoms with van der Waals surface area (Å²) in [6.45, 7) is 0. The first-order valence-electron chi connectivity index (χ1n) is 4.85. The van der Waals surface area contributed by atoms with Crippen molar-refractivity contribution < 1.29 is 0 Å². The Hall–Kier alpha value is -2.58. The van der Waals surface area contributed by atoms with Crippen molar-refractivity contribution in [3.05, 3.63) is 58.7 Å². The van der Waals surface area contributed by atoms with Gasteiger partial charge in [0.05, 0.1) is 11.1 Å².